The molecule has 2 rings (SSSR count). The van der Waals surface area contributed by atoms with E-state index in [0.717, 1.165) is 5.56 Å². The summed E-state index contributed by atoms with van der Waals surface area (Å²) in [5.74, 6) is -0.696. The zero-order valence-corrected chi connectivity index (χ0v) is 11.7. The zero-order valence-electron chi connectivity index (χ0n) is 11.7. The number of aromatic hydroxyl groups is 1. The summed E-state index contributed by atoms with van der Waals surface area (Å²) in [4.78, 5) is 23.6. The van der Waals surface area contributed by atoms with Crippen molar-refractivity contribution in [2.75, 3.05) is 12.4 Å². The van der Waals surface area contributed by atoms with Crippen LogP contribution in [-0.4, -0.2) is 24.1 Å². The summed E-state index contributed by atoms with van der Waals surface area (Å²) in [5, 5.41) is 12.1. The van der Waals surface area contributed by atoms with E-state index in [-0.39, 0.29) is 11.7 Å². The van der Waals surface area contributed by atoms with E-state index in [1.807, 2.05) is 0 Å². The molecule has 0 saturated heterocycles. The molecule has 0 bridgehead atoms. The number of benzene rings is 2. The molecular weight excluding hydrogens is 270 g/mol. The smallest absolute Gasteiger partial charge is 0.337 e. The lowest BCUT2D eigenvalue weighted by Gasteiger charge is -2.09. The maximum atomic E-state index is 12.2. The summed E-state index contributed by atoms with van der Waals surface area (Å²) in [6, 6.07) is 10.9. The Hall–Kier alpha value is -2.82. The Morgan fingerprint density at radius 3 is 2.48 bits per heavy atom. The van der Waals surface area contributed by atoms with E-state index in [1.54, 1.807) is 37.3 Å². The van der Waals surface area contributed by atoms with Crippen LogP contribution in [-0.2, 0) is 4.74 Å². The highest BCUT2D eigenvalue weighted by atomic mass is 16.5. The van der Waals surface area contributed by atoms with Crippen LogP contribution in [0.4, 0.5) is 5.69 Å². The van der Waals surface area contributed by atoms with Crippen molar-refractivity contribution in [3.63, 3.8) is 0 Å². The van der Waals surface area contributed by atoms with Crippen molar-refractivity contribution >= 4 is 17.6 Å². The minimum atomic E-state index is -0.495. The van der Waals surface area contributed by atoms with Gasteiger partial charge in [-0.05, 0) is 48.9 Å². The van der Waals surface area contributed by atoms with Crippen LogP contribution >= 0.6 is 0 Å². The zero-order chi connectivity index (χ0) is 15.4. The first kappa shape index (κ1) is 14.6. The SMILES string of the molecule is COC(=O)c1cccc(C(=O)Nc2ccc(O)cc2C)c1. The van der Waals surface area contributed by atoms with Gasteiger partial charge >= 0.3 is 5.97 Å². The van der Waals surface area contributed by atoms with Crippen LogP contribution in [0.1, 0.15) is 26.3 Å². The maximum absolute atomic E-state index is 12.2. The van der Waals surface area contributed by atoms with Crippen LogP contribution in [0.3, 0.4) is 0 Å². The van der Waals surface area contributed by atoms with E-state index in [0.29, 0.717) is 16.8 Å². The van der Waals surface area contributed by atoms with E-state index in [4.69, 9.17) is 0 Å². The molecule has 108 valence electrons. The fourth-order valence-corrected chi connectivity index (χ4v) is 1.89. The van der Waals surface area contributed by atoms with Crippen molar-refractivity contribution in [3.8, 4) is 5.75 Å². The van der Waals surface area contributed by atoms with Crippen LogP contribution in [0, 0.1) is 6.92 Å². The first-order chi connectivity index (χ1) is 10.0. The number of nitrogens with one attached hydrogen (secondary N) is 1. The summed E-state index contributed by atoms with van der Waals surface area (Å²) < 4.78 is 4.62. The highest BCUT2D eigenvalue weighted by Crippen LogP contribution is 2.21. The fourth-order valence-electron chi connectivity index (χ4n) is 1.89. The number of rotatable bonds is 3. The summed E-state index contributed by atoms with van der Waals surface area (Å²) in [5.41, 5.74) is 2.01. The second-order valence-electron chi connectivity index (χ2n) is 4.53. The van der Waals surface area contributed by atoms with Gasteiger partial charge in [-0.1, -0.05) is 6.07 Å². The predicted octanol–water partition coefficient (Wildman–Crippen LogP) is 2.74. The van der Waals surface area contributed by atoms with Crippen molar-refractivity contribution < 1.29 is 19.4 Å². The minimum Gasteiger partial charge on any atom is -0.508 e. The Labute approximate surface area is 122 Å². The third kappa shape index (κ3) is 3.39. The van der Waals surface area contributed by atoms with Crippen molar-refractivity contribution in [1.82, 2.24) is 0 Å². The lowest BCUT2D eigenvalue weighted by atomic mass is 10.1. The molecular formula is C16H15NO4. The van der Waals surface area contributed by atoms with Crippen LogP contribution in [0.25, 0.3) is 0 Å². The molecule has 5 heteroatoms. The van der Waals surface area contributed by atoms with Crippen molar-refractivity contribution in [1.29, 1.82) is 0 Å². The highest BCUT2D eigenvalue weighted by Gasteiger charge is 2.11. The molecule has 5 nitrogen and oxygen atoms in total. The first-order valence-corrected chi connectivity index (χ1v) is 6.30. The Balaban J connectivity index is 2.22. The van der Waals surface area contributed by atoms with Gasteiger partial charge in [-0.2, -0.15) is 0 Å². The van der Waals surface area contributed by atoms with Crippen molar-refractivity contribution in [3.05, 3.63) is 59.2 Å². The van der Waals surface area contributed by atoms with Gasteiger partial charge in [0.15, 0.2) is 0 Å². The number of hydrogen-bond donors (Lipinski definition) is 2. The molecule has 2 aromatic carbocycles. The Kier molecular flexibility index (Phi) is 4.23. The van der Waals surface area contributed by atoms with Gasteiger partial charge in [0.2, 0.25) is 0 Å². The number of aryl methyl sites for hydroxylation is 1. The monoisotopic (exact) mass is 285 g/mol. The van der Waals surface area contributed by atoms with E-state index in [9.17, 15) is 14.7 Å². The Bertz CT molecular complexity index is 694. The number of esters is 1. The van der Waals surface area contributed by atoms with Gasteiger partial charge in [0.05, 0.1) is 12.7 Å². The van der Waals surface area contributed by atoms with Crippen molar-refractivity contribution in [2.45, 2.75) is 6.92 Å². The molecule has 0 aliphatic carbocycles. The Morgan fingerprint density at radius 2 is 1.81 bits per heavy atom. The van der Waals surface area contributed by atoms with E-state index in [1.165, 1.54) is 19.2 Å². The average Bonchev–Trinajstić information content (AvgIpc) is 2.49. The number of anilines is 1. The number of phenols is 1. The van der Waals surface area contributed by atoms with E-state index < -0.39 is 5.97 Å². The summed E-state index contributed by atoms with van der Waals surface area (Å²) >= 11 is 0. The number of ether oxygens (including phenoxy) is 1. The molecule has 0 spiro atoms. The standard InChI is InChI=1S/C16H15NO4/c1-10-8-13(18)6-7-14(10)17-15(19)11-4-3-5-12(9-11)16(20)21-2/h3-9,18H,1-2H3,(H,17,19). The van der Waals surface area contributed by atoms with Gasteiger partial charge in [-0.25, -0.2) is 4.79 Å². The number of methoxy groups -OCH3 is 1. The quantitative estimate of drug-likeness (QED) is 0.671. The fraction of sp³-hybridized carbons (Fsp3) is 0.125. The Morgan fingerprint density at radius 1 is 1.10 bits per heavy atom. The second kappa shape index (κ2) is 6.09. The van der Waals surface area contributed by atoms with Gasteiger partial charge in [0, 0.05) is 11.3 Å². The van der Waals surface area contributed by atoms with Crippen LogP contribution in [0.2, 0.25) is 0 Å². The van der Waals surface area contributed by atoms with E-state index >= 15 is 0 Å². The molecule has 0 aromatic heterocycles. The van der Waals surface area contributed by atoms with Crippen LogP contribution in [0.5, 0.6) is 5.75 Å². The molecule has 0 radical (unpaired) electrons. The molecule has 0 saturated carbocycles. The molecule has 21 heavy (non-hydrogen) atoms. The molecule has 0 aliphatic rings. The molecule has 2 aromatic rings. The van der Waals surface area contributed by atoms with Gasteiger partial charge in [0.1, 0.15) is 5.75 Å². The summed E-state index contributed by atoms with van der Waals surface area (Å²) in [7, 11) is 1.29. The van der Waals surface area contributed by atoms with Crippen LogP contribution in [0.15, 0.2) is 42.5 Å². The summed E-state index contributed by atoms with van der Waals surface area (Å²) in [6.07, 6.45) is 0. The molecule has 0 unspecified atom stereocenters. The third-order valence-corrected chi connectivity index (χ3v) is 3.00. The van der Waals surface area contributed by atoms with Crippen LogP contribution < -0.4 is 5.32 Å². The molecule has 0 fully saturated rings. The third-order valence-electron chi connectivity index (χ3n) is 3.00. The highest BCUT2D eigenvalue weighted by molar-refractivity contribution is 6.06. The molecule has 0 heterocycles. The number of carbonyl (C=O) groups excluding carboxylic acids is 2. The normalized spacial score (nSPS) is 10.0. The van der Waals surface area contributed by atoms with Crippen molar-refractivity contribution in [2.24, 2.45) is 0 Å². The number of phenolic OH excluding ortho intramolecular Hbond substituents is 1. The number of carbonyl (C=O) groups is 2. The van der Waals surface area contributed by atoms with Gasteiger partial charge < -0.3 is 15.2 Å². The molecule has 0 aliphatic heterocycles. The lowest BCUT2D eigenvalue weighted by molar-refractivity contribution is 0.0600. The van der Waals surface area contributed by atoms with Gasteiger partial charge in [-0.3, -0.25) is 4.79 Å². The van der Waals surface area contributed by atoms with E-state index in [2.05, 4.69) is 10.1 Å². The maximum Gasteiger partial charge on any atom is 0.337 e. The lowest BCUT2D eigenvalue weighted by Crippen LogP contribution is -2.13. The number of amides is 1. The summed E-state index contributed by atoms with van der Waals surface area (Å²) in [6.45, 7) is 1.78. The minimum absolute atomic E-state index is 0.137. The topological polar surface area (TPSA) is 75.6 Å². The second-order valence-corrected chi connectivity index (χ2v) is 4.53. The molecule has 0 atom stereocenters. The van der Waals surface area contributed by atoms with Gasteiger partial charge in [0.25, 0.3) is 5.91 Å². The molecule has 2 N–H and O–H groups in total. The average molecular weight is 285 g/mol. The molecule has 1 amide bonds. The largest absolute Gasteiger partial charge is 0.508 e. The number of hydrogen-bond acceptors (Lipinski definition) is 4. The first-order valence-electron chi connectivity index (χ1n) is 6.30. The van der Waals surface area contributed by atoms with Gasteiger partial charge in [-0.15, -0.1) is 0 Å². The predicted molar refractivity (Wildman–Crippen MR) is 78.6 cm³/mol.